The fourth-order valence-corrected chi connectivity index (χ4v) is 2.31. The quantitative estimate of drug-likeness (QED) is 0.803. The molecular formula is C17H24N4O4. The summed E-state index contributed by atoms with van der Waals surface area (Å²) in [6.07, 6.45) is 8.91. The molecule has 2 amide bonds. The van der Waals surface area contributed by atoms with E-state index in [4.69, 9.17) is 15.2 Å². The third-order valence-electron chi connectivity index (χ3n) is 3.34. The van der Waals surface area contributed by atoms with Crippen LogP contribution in [0.5, 0.6) is 5.75 Å². The van der Waals surface area contributed by atoms with Gasteiger partial charge in [-0.2, -0.15) is 0 Å². The van der Waals surface area contributed by atoms with Crippen molar-refractivity contribution in [1.82, 2.24) is 4.98 Å². The molecule has 0 aromatic carbocycles. The number of anilines is 2. The first-order chi connectivity index (χ1) is 12.2. The molecule has 0 spiro atoms. The molecule has 1 aromatic heterocycles. The van der Waals surface area contributed by atoms with Crippen LogP contribution >= 0.6 is 0 Å². The second-order valence-electron chi connectivity index (χ2n) is 4.90. The molecule has 136 valence electrons. The number of terminal acetylenes is 1. The normalized spacial score (nSPS) is 17.6. The van der Waals surface area contributed by atoms with Crippen molar-refractivity contribution in [3.05, 3.63) is 12.1 Å². The van der Waals surface area contributed by atoms with Gasteiger partial charge in [0.15, 0.2) is 18.2 Å². The predicted molar refractivity (Wildman–Crippen MR) is 95.5 cm³/mol. The largest absolute Gasteiger partial charge is 0.480 e. The number of carbonyl (C=O) groups is 2. The number of hydrogen-bond acceptors (Lipinski definition) is 6. The summed E-state index contributed by atoms with van der Waals surface area (Å²) in [4.78, 5) is 28.9. The van der Waals surface area contributed by atoms with Crippen LogP contribution in [0.1, 0.15) is 26.7 Å². The highest BCUT2D eigenvalue weighted by molar-refractivity contribution is 5.95. The summed E-state index contributed by atoms with van der Waals surface area (Å²) in [5, 5.41) is 2.61. The summed E-state index contributed by atoms with van der Waals surface area (Å²) >= 11 is 0. The average molecular weight is 348 g/mol. The van der Waals surface area contributed by atoms with Gasteiger partial charge in [0.1, 0.15) is 11.9 Å². The minimum Gasteiger partial charge on any atom is -0.480 e. The monoisotopic (exact) mass is 348 g/mol. The number of cyclic esters (lactones) is 1. The zero-order valence-electron chi connectivity index (χ0n) is 14.5. The van der Waals surface area contributed by atoms with E-state index in [1.807, 2.05) is 13.8 Å². The molecule has 8 nitrogen and oxygen atoms in total. The predicted octanol–water partition coefficient (Wildman–Crippen LogP) is 1.75. The standard InChI is InChI=1S/C13H16N4O4.C2H6.C2H2/c14-5-1-2-8-6-17(13(19)21-8)10-4-3-9-12(15-10)16-11(18)7-20-9;2*1-2/h3-4,8H,1-2,5-7,14H2,(H,15,16,18);1-2H3;1-2H. The van der Waals surface area contributed by atoms with E-state index >= 15 is 0 Å². The van der Waals surface area contributed by atoms with Crippen molar-refractivity contribution in [2.45, 2.75) is 32.8 Å². The van der Waals surface area contributed by atoms with E-state index in [2.05, 4.69) is 23.1 Å². The number of carbonyl (C=O) groups excluding carboxylic acids is 2. The maximum absolute atomic E-state index is 11.9. The lowest BCUT2D eigenvalue weighted by Gasteiger charge is -2.19. The van der Waals surface area contributed by atoms with Gasteiger partial charge in [0, 0.05) is 0 Å². The number of amides is 2. The number of aromatic nitrogens is 1. The van der Waals surface area contributed by atoms with E-state index in [1.54, 1.807) is 12.1 Å². The lowest BCUT2D eigenvalue weighted by atomic mass is 10.2. The molecule has 8 heteroatoms. The lowest BCUT2D eigenvalue weighted by Crippen LogP contribution is -2.29. The molecule has 0 saturated carbocycles. The number of nitrogens with zero attached hydrogens (tertiary/aromatic N) is 2. The SMILES string of the molecule is C#C.CC.NCCCC1CN(c2ccc3c(n2)NC(=O)CO3)C(=O)O1. The fraction of sp³-hybridized carbons (Fsp3) is 0.471. The molecule has 3 N–H and O–H groups in total. The van der Waals surface area contributed by atoms with Gasteiger partial charge in [-0.1, -0.05) is 13.8 Å². The maximum atomic E-state index is 11.9. The molecule has 2 aliphatic heterocycles. The van der Waals surface area contributed by atoms with Gasteiger partial charge < -0.3 is 20.5 Å². The maximum Gasteiger partial charge on any atom is 0.415 e. The second-order valence-corrected chi connectivity index (χ2v) is 4.90. The van der Waals surface area contributed by atoms with Crippen LogP contribution < -0.4 is 20.7 Å². The first kappa shape index (κ1) is 20.3. The highest BCUT2D eigenvalue weighted by Gasteiger charge is 2.33. The Labute approximate surface area is 147 Å². The van der Waals surface area contributed by atoms with Gasteiger partial charge in [-0.3, -0.25) is 9.69 Å². The Morgan fingerprint density at radius 1 is 1.36 bits per heavy atom. The number of nitrogens with two attached hydrogens (primary N) is 1. The molecule has 0 aliphatic carbocycles. The molecule has 2 aliphatic rings. The van der Waals surface area contributed by atoms with Crippen LogP contribution in [0.3, 0.4) is 0 Å². The minimum absolute atomic E-state index is 0.0268. The number of pyridine rings is 1. The van der Waals surface area contributed by atoms with Crippen LogP contribution in [0.15, 0.2) is 12.1 Å². The molecule has 0 radical (unpaired) electrons. The molecule has 0 bridgehead atoms. The highest BCUT2D eigenvalue weighted by Crippen LogP contribution is 2.30. The van der Waals surface area contributed by atoms with Gasteiger partial charge in [0.25, 0.3) is 5.91 Å². The Morgan fingerprint density at radius 3 is 2.76 bits per heavy atom. The van der Waals surface area contributed by atoms with Crippen molar-refractivity contribution in [3.8, 4) is 18.6 Å². The van der Waals surface area contributed by atoms with Crippen molar-refractivity contribution in [1.29, 1.82) is 0 Å². The van der Waals surface area contributed by atoms with Gasteiger partial charge >= 0.3 is 6.09 Å². The third-order valence-corrected chi connectivity index (χ3v) is 3.34. The lowest BCUT2D eigenvalue weighted by molar-refractivity contribution is -0.118. The number of hydrogen-bond donors (Lipinski definition) is 2. The van der Waals surface area contributed by atoms with E-state index in [1.165, 1.54) is 4.90 Å². The minimum atomic E-state index is -0.437. The summed E-state index contributed by atoms with van der Waals surface area (Å²) in [6, 6.07) is 3.35. The van der Waals surface area contributed by atoms with E-state index in [-0.39, 0.29) is 18.6 Å². The Hall–Kier alpha value is -2.79. The van der Waals surface area contributed by atoms with E-state index < -0.39 is 6.09 Å². The van der Waals surface area contributed by atoms with Gasteiger partial charge in [-0.15, -0.1) is 12.8 Å². The average Bonchev–Trinajstić information content (AvgIpc) is 3.03. The van der Waals surface area contributed by atoms with Gasteiger partial charge in [-0.05, 0) is 31.5 Å². The summed E-state index contributed by atoms with van der Waals surface area (Å²) < 4.78 is 10.5. The topological polar surface area (TPSA) is 107 Å². The van der Waals surface area contributed by atoms with Crippen molar-refractivity contribution < 1.29 is 19.1 Å². The van der Waals surface area contributed by atoms with Crippen LogP contribution in [0, 0.1) is 12.8 Å². The molecule has 25 heavy (non-hydrogen) atoms. The Kier molecular flexibility index (Phi) is 8.23. The van der Waals surface area contributed by atoms with E-state index in [0.717, 1.165) is 12.8 Å². The van der Waals surface area contributed by atoms with Crippen molar-refractivity contribution in [2.24, 2.45) is 5.73 Å². The molecule has 3 rings (SSSR count). The molecule has 1 fully saturated rings. The summed E-state index contributed by atoms with van der Waals surface area (Å²) in [6.45, 7) is 4.97. The smallest absolute Gasteiger partial charge is 0.415 e. The Morgan fingerprint density at radius 2 is 2.08 bits per heavy atom. The number of rotatable bonds is 4. The summed E-state index contributed by atoms with van der Waals surface area (Å²) in [5.74, 6) is 0.976. The second kappa shape index (κ2) is 10.2. The molecule has 1 unspecified atom stereocenters. The molecule has 3 heterocycles. The van der Waals surface area contributed by atoms with E-state index in [0.29, 0.717) is 30.5 Å². The number of nitrogens with one attached hydrogen (secondary N) is 1. The first-order valence-corrected chi connectivity index (χ1v) is 8.12. The van der Waals surface area contributed by atoms with Gasteiger partial charge in [0.2, 0.25) is 0 Å². The van der Waals surface area contributed by atoms with Crippen LogP contribution in [-0.2, 0) is 9.53 Å². The van der Waals surface area contributed by atoms with Crippen molar-refractivity contribution >= 4 is 23.6 Å². The van der Waals surface area contributed by atoms with Crippen LogP contribution in [-0.4, -0.2) is 42.8 Å². The van der Waals surface area contributed by atoms with Crippen molar-refractivity contribution in [3.63, 3.8) is 0 Å². The molecule has 1 saturated heterocycles. The van der Waals surface area contributed by atoms with Gasteiger partial charge in [0.05, 0.1) is 6.54 Å². The zero-order chi connectivity index (χ0) is 18.8. The molecule has 1 atom stereocenters. The Bertz CT molecular complexity index is 618. The third kappa shape index (κ3) is 5.09. The van der Waals surface area contributed by atoms with Crippen LogP contribution in [0.4, 0.5) is 16.4 Å². The van der Waals surface area contributed by atoms with Crippen LogP contribution in [0.2, 0.25) is 0 Å². The fourth-order valence-electron chi connectivity index (χ4n) is 2.31. The number of fused-ring (bicyclic) bond motifs is 1. The number of ether oxygens (including phenoxy) is 2. The van der Waals surface area contributed by atoms with Gasteiger partial charge in [-0.25, -0.2) is 9.78 Å². The molecule has 1 aromatic rings. The first-order valence-electron chi connectivity index (χ1n) is 8.12. The summed E-state index contributed by atoms with van der Waals surface area (Å²) in [5.41, 5.74) is 5.46. The Balaban J connectivity index is 0.000000730. The van der Waals surface area contributed by atoms with E-state index in [9.17, 15) is 9.59 Å². The van der Waals surface area contributed by atoms with Crippen LogP contribution in [0.25, 0.3) is 0 Å². The van der Waals surface area contributed by atoms with Crippen molar-refractivity contribution in [2.75, 3.05) is 29.9 Å². The highest BCUT2D eigenvalue weighted by atomic mass is 16.6. The zero-order valence-corrected chi connectivity index (χ0v) is 14.5. The molecular weight excluding hydrogens is 324 g/mol. The summed E-state index contributed by atoms with van der Waals surface area (Å²) in [7, 11) is 0.